The number of amidine groups is 1. The zero-order chi connectivity index (χ0) is 12.4. The fourth-order valence-corrected chi connectivity index (χ4v) is 2.54. The van der Waals surface area contributed by atoms with Crippen LogP contribution < -0.4 is 10.6 Å². The van der Waals surface area contributed by atoms with Gasteiger partial charge in [-0.15, -0.1) is 0 Å². The van der Waals surface area contributed by atoms with Crippen LogP contribution in [0.25, 0.3) is 0 Å². The van der Waals surface area contributed by atoms with E-state index in [0.29, 0.717) is 16.6 Å². The van der Waals surface area contributed by atoms with Gasteiger partial charge in [0, 0.05) is 18.2 Å². The van der Waals surface area contributed by atoms with Gasteiger partial charge < -0.3 is 15.8 Å². The topological polar surface area (TPSA) is 61.8 Å². The minimum Gasteiger partial charge on any atom is -0.409 e. The summed E-state index contributed by atoms with van der Waals surface area (Å²) in [6, 6.07) is 6.00. The maximum Gasteiger partial charge on any atom is 0.170 e. The zero-order valence-corrected chi connectivity index (χ0v) is 10.5. The second kappa shape index (κ2) is 4.84. The van der Waals surface area contributed by atoms with E-state index in [-0.39, 0.29) is 5.84 Å². The van der Waals surface area contributed by atoms with Gasteiger partial charge >= 0.3 is 0 Å². The summed E-state index contributed by atoms with van der Waals surface area (Å²) in [5.41, 5.74) is 7.17. The number of halogens is 1. The van der Waals surface area contributed by atoms with Gasteiger partial charge in [0.05, 0.1) is 10.7 Å². The summed E-state index contributed by atoms with van der Waals surface area (Å²) >= 11 is 6.24. The normalized spacial score (nSPS) is 20.9. The lowest BCUT2D eigenvalue weighted by molar-refractivity contribution is 0.318. The van der Waals surface area contributed by atoms with E-state index in [1.165, 1.54) is 12.8 Å². The number of oxime groups is 1. The number of anilines is 1. The molecule has 4 nitrogen and oxygen atoms in total. The van der Waals surface area contributed by atoms with Crippen LogP contribution in [-0.2, 0) is 0 Å². The lowest BCUT2D eigenvalue weighted by Gasteiger charge is -2.25. The van der Waals surface area contributed by atoms with Gasteiger partial charge in [0.2, 0.25) is 0 Å². The molecule has 1 aromatic rings. The highest BCUT2D eigenvalue weighted by Gasteiger charge is 2.22. The standard InChI is InChI=1S/C12H16ClN3O/c1-8-3-2-6-16(8)11-5-4-9(7-10(11)13)12(14)15-17/h4-5,7-8,17H,2-3,6H2,1H3,(H2,14,15). The van der Waals surface area contributed by atoms with Gasteiger partial charge in [-0.25, -0.2) is 0 Å². The maximum atomic E-state index is 8.61. The third-order valence-electron chi connectivity index (χ3n) is 3.21. The second-order valence-corrected chi connectivity index (χ2v) is 4.74. The van der Waals surface area contributed by atoms with Crippen LogP contribution in [0.3, 0.4) is 0 Å². The Hall–Kier alpha value is -1.42. The van der Waals surface area contributed by atoms with Gasteiger partial charge in [-0.1, -0.05) is 16.8 Å². The molecule has 0 saturated carbocycles. The van der Waals surface area contributed by atoms with E-state index in [0.717, 1.165) is 12.2 Å². The molecule has 1 aliphatic heterocycles. The van der Waals surface area contributed by atoms with Crippen LogP contribution in [0.1, 0.15) is 25.3 Å². The Labute approximate surface area is 106 Å². The molecule has 0 bridgehead atoms. The Morgan fingerprint density at radius 3 is 2.88 bits per heavy atom. The van der Waals surface area contributed by atoms with E-state index >= 15 is 0 Å². The van der Waals surface area contributed by atoms with E-state index < -0.39 is 0 Å². The van der Waals surface area contributed by atoms with E-state index in [9.17, 15) is 0 Å². The molecular weight excluding hydrogens is 238 g/mol. The lowest BCUT2D eigenvalue weighted by atomic mass is 10.1. The molecule has 1 fully saturated rings. The first-order chi connectivity index (χ1) is 8.13. The second-order valence-electron chi connectivity index (χ2n) is 4.34. The van der Waals surface area contributed by atoms with Crippen LogP contribution in [0.2, 0.25) is 5.02 Å². The molecule has 1 saturated heterocycles. The van der Waals surface area contributed by atoms with Crippen LogP contribution in [0, 0.1) is 0 Å². The SMILES string of the molecule is CC1CCCN1c1ccc(C(N)=NO)cc1Cl. The van der Waals surface area contributed by atoms with Gasteiger partial charge in [0.1, 0.15) is 0 Å². The largest absolute Gasteiger partial charge is 0.409 e. The fraction of sp³-hybridized carbons (Fsp3) is 0.417. The molecule has 1 aliphatic rings. The third-order valence-corrected chi connectivity index (χ3v) is 3.52. The predicted octanol–water partition coefficient (Wildman–Crippen LogP) is 2.42. The molecule has 1 unspecified atom stereocenters. The van der Waals surface area contributed by atoms with Gasteiger partial charge in [-0.05, 0) is 38.0 Å². The number of nitrogens with zero attached hydrogens (tertiary/aromatic N) is 2. The summed E-state index contributed by atoms with van der Waals surface area (Å²) < 4.78 is 0. The van der Waals surface area contributed by atoms with Crippen molar-refractivity contribution in [1.29, 1.82) is 0 Å². The van der Waals surface area contributed by atoms with Gasteiger partial charge in [-0.2, -0.15) is 0 Å². The van der Waals surface area contributed by atoms with Crippen LogP contribution >= 0.6 is 11.6 Å². The minimum absolute atomic E-state index is 0.0768. The first kappa shape index (κ1) is 12.0. The van der Waals surface area contributed by atoms with Crippen LogP contribution in [-0.4, -0.2) is 23.6 Å². The Balaban J connectivity index is 2.31. The van der Waals surface area contributed by atoms with E-state index in [1.54, 1.807) is 6.07 Å². The predicted molar refractivity (Wildman–Crippen MR) is 70.0 cm³/mol. The molecule has 0 amide bonds. The molecule has 17 heavy (non-hydrogen) atoms. The number of nitrogens with two attached hydrogens (primary N) is 1. The summed E-state index contributed by atoms with van der Waals surface area (Å²) in [6.45, 7) is 3.23. The summed E-state index contributed by atoms with van der Waals surface area (Å²) in [5, 5.41) is 12.2. The van der Waals surface area contributed by atoms with Crippen LogP contribution in [0.5, 0.6) is 0 Å². The molecule has 1 aromatic carbocycles. The van der Waals surface area contributed by atoms with Crippen LogP contribution in [0.4, 0.5) is 5.69 Å². The van der Waals surface area contributed by atoms with Crippen molar-refractivity contribution in [3.05, 3.63) is 28.8 Å². The first-order valence-corrected chi connectivity index (χ1v) is 6.05. The van der Waals surface area contributed by atoms with E-state index in [2.05, 4.69) is 17.0 Å². The van der Waals surface area contributed by atoms with Crippen molar-refractivity contribution in [2.45, 2.75) is 25.8 Å². The average molecular weight is 254 g/mol. The average Bonchev–Trinajstić information content (AvgIpc) is 2.74. The highest BCUT2D eigenvalue weighted by Crippen LogP contribution is 2.32. The van der Waals surface area contributed by atoms with Crippen molar-refractivity contribution in [2.24, 2.45) is 10.9 Å². The number of hydrogen-bond acceptors (Lipinski definition) is 3. The van der Waals surface area contributed by atoms with Crippen molar-refractivity contribution >= 4 is 23.1 Å². The smallest absolute Gasteiger partial charge is 0.170 e. The quantitative estimate of drug-likeness (QED) is 0.368. The van der Waals surface area contributed by atoms with Crippen molar-refractivity contribution < 1.29 is 5.21 Å². The molecular formula is C12H16ClN3O. The molecule has 2 rings (SSSR count). The number of benzene rings is 1. The Bertz CT molecular complexity index is 447. The molecule has 1 atom stereocenters. The summed E-state index contributed by atoms with van der Waals surface area (Å²) in [4.78, 5) is 2.29. The summed E-state index contributed by atoms with van der Waals surface area (Å²) in [6.07, 6.45) is 2.39. The van der Waals surface area contributed by atoms with Gasteiger partial charge in [0.15, 0.2) is 5.84 Å². The third kappa shape index (κ3) is 2.31. The van der Waals surface area contributed by atoms with Crippen molar-refractivity contribution in [1.82, 2.24) is 0 Å². The fourth-order valence-electron chi connectivity index (χ4n) is 2.25. The van der Waals surface area contributed by atoms with Crippen molar-refractivity contribution in [3.8, 4) is 0 Å². The number of hydrogen-bond donors (Lipinski definition) is 2. The highest BCUT2D eigenvalue weighted by atomic mass is 35.5. The monoisotopic (exact) mass is 253 g/mol. The zero-order valence-electron chi connectivity index (χ0n) is 9.73. The minimum atomic E-state index is 0.0768. The van der Waals surface area contributed by atoms with Gasteiger partial charge in [-0.3, -0.25) is 0 Å². The maximum absolute atomic E-state index is 8.61. The molecule has 0 aliphatic carbocycles. The molecule has 1 heterocycles. The molecule has 92 valence electrons. The Morgan fingerprint density at radius 2 is 2.35 bits per heavy atom. The molecule has 0 aromatic heterocycles. The lowest BCUT2D eigenvalue weighted by Crippen LogP contribution is -2.26. The molecule has 3 N–H and O–H groups in total. The molecule has 0 spiro atoms. The molecule has 0 radical (unpaired) electrons. The van der Waals surface area contributed by atoms with Crippen molar-refractivity contribution in [3.63, 3.8) is 0 Å². The number of rotatable bonds is 2. The Kier molecular flexibility index (Phi) is 3.43. The summed E-state index contributed by atoms with van der Waals surface area (Å²) in [5.74, 6) is 0.0768. The van der Waals surface area contributed by atoms with Crippen molar-refractivity contribution in [2.75, 3.05) is 11.4 Å². The van der Waals surface area contributed by atoms with E-state index in [1.807, 2.05) is 12.1 Å². The Morgan fingerprint density at radius 1 is 1.59 bits per heavy atom. The van der Waals surface area contributed by atoms with Crippen LogP contribution in [0.15, 0.2) is 23.4 Å². The summed E-state index contributed by atoms with van der Waals surface area (Å²) in [7, 11) is 0. The van der Waals surface area contributed by atoms with Gasteiger partial charge in [0.25, 0.3) is 0 Å². The first-order valence-electron chi connectivity index (χ1n) is 5.67. The van der Waals surface area contributed by atoms with E-state index in [4.69, 9.17) is 22.5 Å². The molecule has 5 heteroatoms. The highest BCUT2D eigenvalue weighted by molar-refractivity contribution is 6.33.